The lowest BCUT2D eigenvalue weighted by Gasteiger charge is -2.13. The summed E-state index contributed by atoms with van der Waals surface area (Å²) in [5, 5.41) is 20.3. The molecule has 25 heavy (non-hydrogen) atoms. The lowest BCUT2D eigenvalue weighted by molar-refractivity contribution is -0.765. The second-order valence-corrected chi connectivity index (χ2v) is 6.09. The third kappa shape index (κ3) is 4.97. The molecule has 1 aromatic rings. The van der Waals surface area contributed by atoms with Crippen molar-refractivity contribution in [2.45, 2.75) is 57.1 Å². The van der Waals surface area contributed by atoms with E-state index in [1.54, 1.807) is 12.3 Å². The molecule has 0 bridgehead atoms. The molecule has 4 atom stereocenters. The number of hydrogen-bond donors (Lipinski definition) is 3. The highest BCUT2D eigenvalue weighted by Gasteiger charge is 2.48. The number of carbonyl (C=O) groups excluding carboxylic acids is 2. The molecule has 138 valence electrons. The number of rotatable bonds is 8. The van der Waals surface area contributed by atoms with Gasteiger partial charge in [-0.25, -0.2) is 0 Å². The molecule has 0 spiro atoms. The Morgan fingerprint density at radius 3 is 2.76 bits per heavy atom. The van der Waals surface area contributed by atoms with Crippen molar-refractivity contribution < 1.29 is 33.8 Å². The maximum Gasteiger partial charge on any atom is 0.305 e. The van der Waals surface area contributed by atoms with Gasteiger partial charge < -0.3 is 25.4 Å². The highest BCUT2D eigenvalue weighted by molar-refractivity contribution is 5.92. The normalized spacial score (nSPS) is 25.7. The van der Waals surface area contributed by atoms with Crippen molar-refractivity contribution in [1.29, 1.82) is 0 Å². The Labute approximate surface area is 146 Å². The Morgan fingerprint density at radius 1 is 1.32 bits per heavy atom. The monoisotopic (exact) mass is 353 g/mol. The van der Waals surface area contributed by atoms with Crippen LogP contribution in [0.3, 0.4) is 0 Å². The summed E-state index contributed by atoms with van der Waals surface area (Å²) in [6.07, 6.45) is 1.86. The van der Waals surface area contributed by atoms with E-state index in [4.69, 9.17) is 15.2 Å². The summed E-state index contributed by atoms with van der Waals surface area (Å²) < 4.78 is 12.2. The Bertz CT molecular complexity index is 609. The van der Waals surface area contributed by atoms with Crippen LogP contribution < -0.4 is 10.3 Å². The number of aliphatic hydroxyl groups excluding tert-OH is 2. The fourth-order valence-corrected chi connectivity index (χ4v) is 2.68. The number of unbranched alkanes of at least 4 members (excludes halogenated alkanes) is 2. The summed E-state index contributed by atoms with van der Waals surface area (Å²) in [4.78, 5) is 22.9. The molecule has 1 aliphatic heterocycles. The van der Waals surface area contributed by atoms with Crippen LogP contribution in [0.1, 0.15) is 49.2 Å². The van der Waals surface area contributed by atoms with E-state index in [1.165, 1.54) is 16.8 Å². The van der Waals surface area contributed by atoms with E-state index in [9.17, 15) is 19.8 Å². The minimum absolute atomic E-state index is 0.143. The predicted octanol–water partition coefficient (Wildman–Crippen LogP) is -0.184. The second-order valence-electron chi connectivity index (χ2n) is 6.09. The summed E-state index contributed by atoms with van der Waals surface area (Å²) in [6.45, 7) is 1.90. The van der Waals surface area contributed by atoms with Crippen molar-refractivity contribution in [3.05, 3.63) is 30.1 Å². The van der Waals surface area contributed by atoms with Crippen molar-refractivity contribution in [2.24, 2.45) is 5.73 Å². The molecule has 1 fully saturated rings. The van der Waals surface area contributed by atoms with Gasteiger partial charge in [-0.1, -0.05) is 19.8 Å². The van der Waals surface area contributed by atoms with Gasteiger partial charge in [-0.15, -0.1) is 0 Å². The van der Waals surface area contributed by atoms with Crippen molar-refractivity contribution >= 4 is 11.9 Å². The zero-order valence-corrected chi connectivity index (χ0v) is 14.2. The van der Waals surface area contributed by atoms with Gasteiger partial charge >= 0.3 is 5.97 Å². The number of nitrogens with two attached hydrogens (primary N) is 1. The standard InChI is InChI=1S/C17H24N2O6/c1-2-3-4-7-13(20)24-10-12-14(21)15(22)17(25-12)19-8-5-6-11(9-19)16(18)23/h5-6,8-9,12,14-15,17,21-22H,2-4,7,10H2,1H3,(H-,18,23)/p+1/t12-,14-,15-,17-/m1/s1. The molecule has 8 nitrogen and oxygen atoms in total. The average Bonchev–Trinajstić information content (AvgIpc) is 2.88. The van der Waals surface area contributed by atoms with E-state index in [-0.39, 0.29) is 18.1 Å². The van der Waals surface area contributed by atoms with Crippen molar-refractivity contribution in [1.82, 2.24) is 0 Å². The van der Waals surface area contributed by atoms with E-state index in [0.29, 0.717) is 6.42 Å². The van der Waals surface area contributed by atoms with Gasteiger partial charge in [0.2, 0.25) is 0 Å². The molecule has 0 radical (unpaired) electrons. The summed E-state index contributed by atoms with van der Waals surface area (Å²) in [6, 6.07) is 3.12. The lowest BCUT2D eigenvalue weighted by atomic mass is 10.1. The van der Waals surface area contributed by atoms with Gasteiger partial charge in [-0.05, 0) is 12.5 Å². The molecular formula is C17H25N2O6+. The SMILES string of the molecule is CCCCCC(=O)OC[C@H]1O[C@@H]([n+]2cccc(C(N)=O)c2)[C@H](O)[C@@H]1O. The number of nitrogens with zero attached hydrogens (tertiary/aromatic N) is 1. The number of amides is 1. The van der Waals surface area contributed by atoms with Gasteiger partial charge in [0.05, 0.1) is 0 Å². The zero-order valence-electron chi connectivity index (χ0n) is 14.2. The van der Waals surface area contributed by atoms with Crippen LogP contribution in [0.2, 0.25) is 0 Å². The van der Waals surface area contributed by atoms with Gasteiger partial charge in [0.15, 0.2) is 18.5 Å². The smallest absolute Gasteiger partial charge is 0.305 e. The second kappa shape index (κ2) is 8.89. The molecule has 0 aromatic carbocycles. The van der Waals surface area contributed by atoms with Gasteiger partial charge in [-0.3, -0.25) is 9.59 Å². The molecule has 2 rings (SSSR count). The summed E-state index contributed by atoms with van der Waals surface area (Å²) in [5.41, 5.74) is 5.49. The Morgan fingerprint density at radius 2 is 2.08 bits per heavy atom. The number of esters is 1. The molecule has 2 heterocycles. The maximum absolute atomic E-state index is 11.7. The van der Waals surface area contributed by atoms with Crippen LogP contribution in [0, 0.1) is 0 Å². The van der Waals surface area contributed by atoms with E-state index in [0.717, 1.165) is 19.3 Å². The first-order valence-corrected chi connectivity index (χ1v) is 8.42. The van der Waals surface area contributed by atoms with Crippen molar-refractivity contribution in [2.75, 3.05) is 6.61 Å². The van der Waals surface area contributed by atoms with Crippen LogP contribution in [0.4, 0.5) is 0 Å². The van der Waals surface area contributed by atoms with Gasteiger partial charge in [0.1, 0.15) is 24.4 Å². The summed E-state index contributed by atoms with van der Waals surface area (Å²) >= 11 is 0. The van der Waals surface area contributed by atoms with Gasteiger partial charge in [0.25, 0.3) is 12.1 Å². The minimum atomic E-state index is -1.23. The molecule has 1 amide bonds. The predicted molar refractivity (Wildman–Crippen MR) is 86.2 cm³/mol. The van der Waals surface area contributed by atoms with Crippen LogP contribution in [0.25, 0.3) is 0 Å². The number of aliphatic hydroxyl groups is 2. The lowest BCUT2D eigenvalue weighted by Crippen LogP contribution is -2.46. The van der Waals surface area contributed by atoms with E-state index >= 15 is 0 Å². The van der Waals surface area contributed by atoms with E-state index < -0.39 is 30.4 Å². The number of aromatic nitrogens is 1. The van der Waals surface area contributed by atoms with Crippen LogP contribution >= 0.6 is 0 Å². The zero-order chi connectivity index (χ0) is 18.4. The molecule has 1 aromatic heterocycles. The Balaban J connectivity index is 1.95. The topological polar surface area (TPSA) is 123 Å². The van der Waals surface area contributed by atoms with Gasteiger partial charge in [-0.2, -0.15) is 4.57 Å². The molecule has 0 unspecified atom stereocenters. The molecule has 4 N–H and O–H groups in total. The maximum atomic E-state index is 11.7. The van der Waals surface area contributed by atoms with Gasteiger partial charge in [0, 0.05) is 12.5 Å². The minimum Gasteiger partial charge on any atom is -0.463 e. The molecule has 0 aliphatic carbocycles. The number of carbonyl (C=O) groups is 2. The number of primary amides is 1. The molecule has 0 saturated carbocycles. The van der Waals surface area contributed by atoms with Crippen LogP contribution in [-0.4, -0.2) is 47.0 Å². The average molecular weight is 353 g/mol. The molecule has 1 saturated heterocycles. The van der Waals surface area contributed by atoms with Crippen LogP contribution in [0.5, 0.6) is 0 Å². The third-order valence-electron chi connectivity index (χ3n) is 4.13. The first kappa shape index (κ1) is 19.3. The third-order valence-corrected chi connectivity index (χ3v) is 4.13. The van der Waals surface area contributed by atoms with E-state index in [2.05, 4.69) is 0 Å². The Kier molecular flexibility index (Phi) is 6.86. The highest BCUT2D eigenvalue weighted by atomic mass is 16.6. The quantitative estimate of drug-likeness (QED) is 0.338. The molecule has 8 heteroatoms. The summed E-state index contributed by atoms with van der Waals surface area (Å²) in [7, 11) is 0. The van der Waals surface area contributed by atoms with Crippen LogP contribution in [-0.2, 0) is 14.3 Å². The highest BCUT2D eigenvalue weighted by Crippen LogP contribution is 2.25. The van der Waals surface area contributed by atoms with Crippen molar-refractivity contribution in [3.63, 3.8) is 0 Å². The van der Waals surface area contributed by atoms with Crippen molar-refractivity contribution in [3.8, 4) is 0 Å². The number of ether oxygens (including phenoxy) is 2. The Hall–Kier alpha value is -2.03. The molecule has 1 aliphatic rings. The fourth-order valence-electron chi connectivity index (χ4n) is 2.68. The van der Waals surface area contributed by atoms with Crippen LogP contribution in [0.15, 0.2) is 24.5 Å². The van der Waals surface area contributed by atoms with E-state index in [1.807, 2.05) is 6.92 Å². The number of pyridine rings is 1. The fraction of sp³-hybridized carbons (Fsp3) is 0.588. The molecular weight excluding hydrogens is 328 g/mol. The summed E-state index contributed by atoms with van der Waals surface area (Å²) in [5.74, 6) is -0.967. The largest absolute Gasteiger partial charge is 0.463 e. The first-order chi connectivity index (χ1) is 11.9. The first-order valence-electron chi connectivity index (χ1n) is 8.42. The number of hydrogen-bond acceptors (Lipinski definition) is 6.